The predicted octanol–water partition coefficient (Wildman–Crippen LogP) is 2.81. The van der Waals surface area contributed by atoms with Gasteiger partial charge in [-0.05, 0) is 29.1 Å². The van der Waals surface area contributed by atoms with Crippen molar-refractivity contribution in [2.24, 2.45) is 21.5 Å². The molecule has 0 saturated carbocycles. The molecule has 0 amide bonds. The normalized spacial score (nSPS) is 12.8. The first-order chi connectivity index (χ1) is 13.2. The maximum absolute atomic E-state index is 5.57. The minimum absolute atomic E-state index is 0.0628. The minimum atomic E-state index is -0.0628. The van der Waals surface area contributed by atoms with Gasteiger partial charge >= 0.3 is 0 Å². The van der Waals surface area contributed by atoms with Crippen LogP contribution in [-0.2, 0) is 6.54 Å². The number of benzene rings is 3. The number of nitrogens with one attached hydrogen (secondary N) is 1. The van der Waals surface area contributed by atoms with Crippen molar-refractivity contribution in [1.29, 1.82) is 0 Å². The molecule has 136 valence electrons. The third-order valence-electron chi connectivity index (χ3n) is 4.12. The van der Waals surface area contributed by atoms with Crippen LogP contribution in [0, 0.1) is 0 Å². The van der Waals surface area contributed by atoms with E-state index in [2.05, 4.69) is 15.3 Å². The Morgan fingerprint density at radius 2 is 1.78 bits per heavy atom. The van der Waals surface area contributed by atoms with Crippen LogP contribution in [0.5, 0.6) is 11.5 Å². The largest absolute Gasteiger partial charge is 0.454 e. The van der Waals surface area contributed by atoms with Crippen LogP contribution in [0.25, 0.3) is 10.8 Å². The maximum atomic E-state index is 5.57. The number of anilines is 1. The van der Waals surface area contributed by atoms with Crippen molar-refractivity contribution in [3.8, 4) is 11.5 Å². The van der Waals surface area contributed by atoms with Gasteiger partial charge in [-0.15, -0.1) is 0 Å². The van der Waals surface area contributed by atoms with Crippen LogP contribution in [0.1, 0.15) is 5.56 Å². The van der Waals surface area contributed by atoms with Crippen molar-refractivity contribution in [3.05, 3.63) is 66.2 Å². The molecule has 0 fully saturated rings. The Morgan fingerprint density at radius 3 is 2.67 bits per heavy atom. The topological polar surface area (TPSA) is 107 Å². The number of rotatable bonds is 3. The molecule has 4 rings (SSSR count). The summed E-state index contributed by atoms with van der Waals surface area (Å²) >= 11 is 0. The number of ether oxygens (including phenoxy) is 2. The first-order valence-electron chi connectivity index (χ1n) is 8.46. The van der Waals surface area contributed by atoms with Gasteiger partial charge in [0.2, 0.25) is 12.8 Å². The molecule has 0 spiro atoms. The van der Waals surface area contributed by atoms with Gasteiger partial charge in [-0.1, -0.05) is 42.5 Å². The molecule has 1 aliphatic rings. The highest BCUT2D eigenvalue weighted by Gasteiger charge is 2.13. The summed E-state index contributed by atoms with van der Waals surface area (Å²) in [5.74, 6) is 1.73. The Morgan fingerprint density at radius 1 is 0.963 bits per heavy atom. The van der Waals surface area contributed by atoms with Gasteiger partial charge in [-0.2, -0.15) is 4.99 Å². The zero-order valence-corrected chi connectivity index (χ0v) is 14.6. The Balaban J connectivity index is 1.61. The number of nitrogens with two attached hydrogens (primary N) is 2. The van der Waals surface area contributed by atoms with Crippen LogP contribution < -0.4 is 26.3 Å². The van der Waals surface area contributed by atoms with Crippen molar-refractivity contribution in [2.45, 2.75) is 6.54 Å². The average Bonchev–Trinajstić information content (AvgIpc) is 3.14. The van der Waals surface area contributed by atoms with E-state index in [9.17, 15) is 0 Å². The first kappa shape index (κ1) is 16.7. The maximum Gasteiger partial charge on any atom is 0.231 e. The molecule has 0 aliphatic carbocycles. The summed E-state index contributed by atoms with van der Waals surface area (Å²) in [6.07, 6.45) is 0. The fourth-order valence-electron chi connectivity index (χ4n) is 2.89. The highest BCUT2D eigenvalue weighted by molar-refractivity contribution is 6.06. The molecule has 5 N–H and O–H groups in total. The van der Waals surface area contributed by atoms with Gasteiger partial charge in [0, 0.05) is 11.1 Å². The van der Waals surface area contributed by atoms with E-state index in [1.54, 1.807) is 0 Å². The SMILES string of the molecule is NC(N)=NC(=NCc1ccc2c(c1)OCO2)Nc1cccc2ccccc12. The van der Waals surface area contributed by atoms with Crippen molar-refractivity contribution < 1.29 is 9.47 Å². The van der Waals surface area contributed by atoms with Crippen LogP contribution in [0.4, 0.5) is 5.69 Å². The third kappa shape index (κ3) is 3.77. The molecule has 7 heteroatoms. The monoisotopic (exact) mass is 361 g/mol. The molecule has 3 aromatic carbocycles. The Bertz CT molecular complexity index is 1040. The zero-order chi connectivity index (χ0) is 18.6. The number of guanidine groups is 2. The summed E-state index contributed by atoms with van der Waals surface area (Å²) in [5, 5.41) is 5.39. The molecule has 0 saturated heterocycles. The lowest BCUT2D eigenvalue weighted by Crippen LogP contribution is -2.26. The lowest BCUT2D eigenvalue weighted by molar-refractivity contribution is 0.174. The molecule has 0 bridgehead atoms. The van der Waals surface area contributed by atoms with E-state index in [1.807, 2.05) is 60.7 Å². The van der Waals surface area contributed by atoms with E-state index in [1.165, 1.54) is 0 Å². The third-order valence-corrected chi connectivity index (χ3v) is 4.12. The van der Waals surface area contributed by atoms with Crippen LogP contribution >= 0.6 is 0 Å². The van der Waals surface area contributed by atoms with E-state index in [-0.39, 0.29) is 12.8 Å². The van der Waals surface area contributed by atoms with Gasteiger partial charge in [0.1, 0.15) is 0 Å². The summed E-state index contributed by atoms with van der Waals surface area (Å²) < 4.78 is 10.7. The summed E-state index contributed by atoms with van der Waals surface area (Å²) in [6.45, 7) is 0.629. The number of hydrogen-bond acceptors (Lipinski definition) is 3. The second-order valence-corrected chi connectivity index (χ2v) is 6.02. The van der Waals surface area contributed by atoms with Crippen molar-refractivity contribution in [2.75, 3.05) is 12.1 Å². The lowest BCUT2D eigenvalue weighted by Gasteiger charge is -2.10. The molecular weight excluding hydrogens is 342 g/mol. The Kier molecular flexibility index (Phi) is 4.49. The Labute approximate surface area is 156 Å². The molecule has 0 radical (unpaired) electrons. The van der Waals surface area contributed by atoms with E-state index in [4.69, 9.17) is 20.9 Å². The molecule has 27 heavy (non-hydrogen) atoms. The highest BCUT2D eigenvalue weighted by Crippen LogP contribution is 2.32. The summed E-state index contributed by atoms with van der Waals surface area (Å²) in [6, 6.07) is 19.7. The fraction of sp³-hybridized carbons (Fsp3) is 0.100. The summed E-state index contributed by atoms with van der Waals surface area (Å²) in [5.41, 5.74) is 13.0. The van der Waals surface area contributed by atoms with Crippen LogP contribution in [0.2, 0.25) is 0 Å². The standard InChI is InChI=1S/C20H19N5O2/c21-19(22)25-20(23-11-13-8-9-17-18(10-13)27-12-26-17)24-16-7-3-5-14-4-1-2-6-15(14)16/h1-10H,11-12H2,(H5,21,22,23,24,25). The van der Waals surface area contributed by atoms with E-state index in [0.29, 0.717) is 18.3 Å². The molecule has 0 unspecified atom stereocenters. The molecule has 0 atom stereocenters. The van der Waals surface area contributed by atoms with E-state index in [0.717, 1.165) is 27.8 Å². The quantitative estimate of drug-likeness (QED) is 0.491. The van der Waals surface area contributed by atoms with Gasteiger partial charge in [-0.3, -0.25) is 0 Å². The van der Waals surface area contributed by atoms with Gasteiger partial charge in [0.05, 0.1) is 6.54 Å². The highest BCUT2D eigenvalue weighted by atomic mass is 16.7. The molecule has 7 nitrogen and oxygen atoms in total. The van der Waals surface area contributed by atoms with Crippen molar-refractivity contribution in [3.63, 3.8) is 0 Å². The lowest BCUT2D eigenvalue weighted by atomic mass is 10.1. The second-order valence-electron chi connectivity index (χ2n) is 6.02. The van der Waals surface area contributed by atoms with Gasteiger partial charge < -0.3 is 26.3 Å². The molecular formula is C20H19N5O2. The van der Waals surface area contributed by atoms with Crippen molar-refractivity contribution in [1.82, 2.24) is 0 Å². The van der Waals surface area contributed by atoms with Gasteiger partial charge in [0.25, 0.3) is 0 Å². The number of nitrogens with zero attached hydrogens (tertiary/aromatic N) is 2. The molecule has 0 aromatic heterocycles. The molecule has 1 aliphatic heterocycles. The average molecular weight is 361 g/mol. The minimum Gasteiger partial charge on any atom is -0.454 e. The van der Waals surface area contributed by atoms with E-state index >= 15 is 0 Å². The van der Waals surface area contributed by atoms with E-state index < -0.39 is 0 Å². The number of hydrogen-bond donors (Lipinski definition) is 3. The van der Waals surface area contributed by atoms with Crippen LogP contribution in [0.15, 0.2) is 70.6 Å². The molecule has 1 heterocycles. The van der Waals surface area contributed by atoms with Gasteiger partial charge in [-0.25, -0.2) is 4.99 Å². The van der Waals surface area contributed by atoms with Crippen LogP contribution in [-0.4, -0.2) is 18.7 Å². The van der Waals surface area contributed by atoms with Gasteiger partial charge in [0.15, 0.2) is 17.5 Å². The smallest absolute Gasteiger partial charge is 0.231 e. The van der Waals surface area contributed by atoms with Crippen molar-refractivity contribution >= 4 is 28.4 Å². The Hall–Kier alpha value is -3.74. The molecule has 3 aromatic rings. The van der Waals surface area contributed by atoms with Crippen LogP contribution in [0.3, 0.4) is 0 Å². The summed E-state index contributed by atoms with van der Waals surface area (Å²) in [7, 11) is 0. The first-order valence-corrected chi connectivity index (χ1v) is 8.46. The predicted molar refractivity (Wildman–Crippen MR) is 107 cm³/mol. The number of fused-ring (bicyclic) bond motifs is 2. The second kappa shape index (κ2) is 7.25. The summed E-state index contributed by atoms with van der Waals surface area (Å²) in [4.78, 5) is 8.65. The zero-order valence-electron chi connectivity index (χ0n) is 14.6. The fourth-order valence-corrected chi connectivity index (χ4v) is 2.89. The number of aliphatic imine (C=N–C) groups is 2.